The van der Waals surface area contributed by atoms with E-state index in [0.29, 0.717) is 17.5 Å². The first-order valence-electron chi connectivity index (χ1n) is 6.82. The zero-order valence-electron chi connectivity index (χ0n) is 12.6. The highest BCUT2D eigenvalue weighted by atomic mass is 35.5. The molecule has 4 nitrogen and oxygen atoms in total. The average Bonchev–Trinajstić information content (AvgIpc) is 2.33. The number of nitrogens with zero attached hydrogens (tertiary/aromatic N) is 1. The highest BCUT2D eigenvalue weighted by Crippen LogP contribution is 2.14. The minimum Gasteiger partial charge on any atom is -0.325 e. The molecule has 0 aliphatic rings. The van der Waals surface area contributed by atoms with E-state index >= 15 is 0 Å². The topological polar surface area (TPSA) is 44.4 Å². The average molecular weight is 298 g/mol. The van der Waals surface area contributed by atoms with Crippen LogP contribution in [0.3, 0.4) is 0 Å². The van der Waals surface area contributed by atoms with Crippen molar-refractivity contribution in [1.82, 2.24) is 10.2 Å². The van der Waals surface area contributed by atoms with Crippen molar-refractivity contribution in [1.29, 1.82) is 0 Å². The van der Waals surface area contributed by atoms with E-state index in [1.807, 2.05) is 26.2 Å². The Bertz CT molecular complexity index is 435. The lowest BCUT2D eigenvalue weighted by Gasteiger charge is -2.25. The Morgan fingerprint density at radius 1 is 1.35 bits per heavy atom. The van der Waals surface area contributed by atoms with E-state index in [1.54, 1.807) is 12.1 Å². The molecule has 0 saturated heterocycles. The van der Waals surface area contributed by atoms with Crippen LogP contribution in [0.4, 0.5) is 5.69 Å². The molecule has 2 N–H and O–H groups in total. The number of hydrogen-bond donors (Lipinski definition) is 2. The van der Waals surface area contributed by atoms with Crippen LogP contribution in [0.15, 0.2) is 24.3 Å². The standard InChI is InChI=1S/C15H24ClN3O/c1-11(2)14(10-19(3)4)17-9-15(20)18-13-7-5-6-12(16)8-13/h5-8,11,14,17H,9-10H2,1-4H3,(H,18,20). The van der Waals surface area contributed by atoms with Gasteiger partial charge in [-0.05, 0) is 38.2 Å². The number of likely N-dealkylation sites (N-methyl/N-ethyl adjacent to an activating group) is 1. The molecule has 0 aliphatic carbocycles. The first kappa shape index (κ1) is 17.0. The Morgan fingerprint density at radius 2 is 2.05 bits per heavy atom. The summed E-state index contributed by atoms with van der Waals surface area (Å²) in [7, 11) is 4.06. The molecule has 0 aliphatic heterocycles. The van der Waals surface area contributed by atoms with Crippen LogP contribution in [-0.4, -0.2) is 44.0 Å². The van der Waals surface area contributed by atoms with E-state index in [9.17, 15) is 4.79 Å². The number of carbonyl (C=O) groups is 1. The van der Waals surface area contributed by atoms with Gasteiger partial charge in [0.2, 0.25) is 5.91 Å². The van der Waals surface area contributed by atoms with E-state index in [-0.39, 0.29) is 11.9 Å². The molecule has 0 radical (unpaired) electrons. The second kappa shape index (κ2) is 8.25. The van der Waals surface area contributed by atoms with Crippen molar-refractivity contribution in [3.05, 3.63) is 29.3 Å². The highest BCUT2D eigenvalue weighted by molar-refractivity contribution is 6.30. The van der Waals surface area contributed by atoms with Crippen LogP contribution >= 0.6 is 11.6 Å². The fourth-order valence-electron chi connectivity index (χ4n) is 1.90. The lowest BCUT2D eigenvalue weighted by Crippen LogP contribution is -2.45. The second-order valence-corrected chi connectivity index (χ2v) is 5.99. The molecule has 1 amide bonds. The van der Waals surface area contributed by atoms with Gasteiger partial charge in [0, 0.05) is 23.3 Å². The summed E-state index contributed by atoms with van der Waals surface area (Å²) < 4.78 is 0. The third kappa shape index (κ3) is 6.37. The summed E-state index contributed by atoms with van der Waals surface area (Å²) in [4.78, 5) is 14.0. The van der Waals surface area contributed by atoms with E-state index < -0.39 is 0 Å². The zero-order chi connectivity index (χ0) is 15.1. The van der Waals surface area contributed by atoms with Gasteiger partial charge in [0.05, 0.1) is 6.54 Å². The van der Waals surface area contributed by atoms with Gasteiger partial charge < -0.3 is 15.5 Å². The van der Waals surface area contributed by atoms with Gasteiger partial charge in [0.25, 0.3) is 0 Å². The Hall–Kier alpha value is -1.10. The van der Waals surface area contributed by atoms with Crippen molar-refractivity contribution in [2.75, 3.05) is 32.5 Å². The van der Waals surface area contributed by atoms with Crippen LogP contribution in [-0.2, 0) is 4.79 Å². The molecule has 0 spiro atoms. The van der Waals surface area contributed by atoms with Gasteiger partial charge in [-0.25, -0.2) is 0 Å². The molecule has 1 rings (SSSR count). The first-order valence-corrected chi connectivity index (χ1v) is 7.20. The van der Waals surface area contributed by atoms with Crippen molar-refractivity contribution in [2.24, 2.45) is 5.92 Å². The van der Waals surface area contributed by atoms with Gasteiger partial charge in [-0.3, -0.25) is 4.79 Å². The predicted molar refractivity (Wildman–Crippen MR) is 85.3 cm³/mol. The zero-order valence-corrected chi connectivity index (χ0v) is 13.4. The normalized spacial score (nSPS) is 12.8. The van der Waals surface area contributed by atoms with Crippen molar-refractivity contribution >= 4 is 23.2 Å². The third-order valence-electron chi connectivity index (χ3n) is 3.00. The van der Waals surface area contributed by atoms with E-state index in [4.69, 9.17) is 11.6 Å². The monoisotopic (exact) mass is 297 g/mol. The molecule has 1 unspecified atom stereocenters. The SMILES string of the molecule is CC(C)C(CN(C)C)NCC(=O)Nc1cccc(Cl)c1. The fourth-order valence-corrected chi connectivity index (χ4v) is 2.09. The van der Waals surface area contributed by atoms with Gasteiger partial charge in [-0.1, -0.05) is 31.5 Å². The number of nitrogens with one attached hydrogen (secondary N) is 2. The molecule has 0 fully saturated rings. The molecule has 20 heavy (non-hydrogen) atoms. The fraction of sp³-hybridized carbons (Fsp3) is 0.533. The molecule has 5 heteroatoms. The number of amides is 1. The molecule has 112 valence electrons. The van der Waals surface area contributed by atoms with Crippen molar-refractivity contribution in [3.8, 4) is 0 Å². The molecule has 0 bridgehead atoms. The molecular formula is C15H24ClN3O. The highest BCUT2D eigenvalue weighted by Gasteiger charge is 2.15. The van der Waals surface area contributed by atoms with Gasteiger partial charge in [0.15, 0.2) is 0 Å². The van der Waals surface area contributed by atoms with Gasteiger partial charge in [-0.2, -0.15) is 0 Å². The molecular weight excluding hydrogens is 274 g/mol. The van der Waals surface area contributed by atoms with Crippen molar-refractivity contribution < 1.29 is 4.79 Å². The predicted octanol–water partition coefficient (Wildman–Crippen LogP) is 2.45. The smallest absolute Gasteiger partial charge is 0.238 e. The van der Waals surface area contributed by atoms with Crippen LogP contribution in [0.2, 0.25) is 5.02 Å². The van der Waals surface area contributed by atoms with Crippen LogP contribution in [0.1, 0.15) is 13.8 Å². The maximum atomic E-state index is 11.9. The quantitative estimate of drug-likeness (QED) is 0.812. The minimum absolute atomic E-state index is 0.0586. The summed E-state index contributed by atoms with van der Waals surface area (Å²) in [5.74, 6) is 0.410. The summed E-state index contributed by atoms with van der Waals surface area (Å²) in [5, 5.41) is 6.74. The van der Waals surface area contributed by atoms with Gasteiger partial charge >= 0.3 is 0 Å². The Morgan fingerprint density at radius 3 is 2.60 bits per heavy atom. The Labute approximate surface area is 126 Å². The van der Waals surface area contributed by atoms with Gasteiger partial charge in [-0.15, -0.1) is 0 Å². The third-order valence-corrected chi connectivity index (χ3v) is 3.23. The number of hydrogen-bond acceptors (Lipinski definition) is 3. The second-order valence-electron chi connectivity index (χ2n) is 5.55. The van der Waals surface area contributed by atoms with Crippen LogP contribution in [0.5, 0.6) is 0 Å². The minimum atomic E-state index is -0.0586. The molecule has 1 aromatic carbocycles. The lowest BCUT2D eigenvalue weighted by atomic mass is 10.0. The maximum absolute atomic E-state index is 11.9. The Kier molecular flexibility index (Phi) is 6.99. The largest absolute Gasteiger partial charge is 0.325 e. The van der Waals surface area contributed by atoms with Crippen LogP contribution in [0.25, 0.3) is 0 Å². The van der Waals surface area contributed by atoms with E-state index in [1.165, 1.54) is 0 Å². The lowest BCUT2D eigenvalue weighted by molar-refractivity contribution is -0.115. The number of rotatable bonds is 7. The number of halogens is 1. The molecule has 0 aromatic heterocycles. The number of anilines is 1. The summed E-state index contributed by atoms with van der Waals surface area (Å²) >= 11 is 5.88. The van der Waals surface area contributed by atoms with Crippen LogP contribution < -0.4 is 10.6 Å². The van der Waals surface area contributed by atoms with Crippen LogP contribution in [0, 0.1) is 5.92 Å². The Balaban J connectivity index is 2.45. The van der Waals surface area contributed by atoms with E-state index in [2.05, 4.69) is 29.4 Å². The maximum Gasteiger partial charge on any atom is 0.238 e. The number of benzene rings is 1. The molecule has 1 aromatic rings. The summed E-state index contributed by atoms with van der Waals surface area (Å²) in [6.45, 7) is 5.50. The van der Waals surface area contributed by atoms with Gasteiger partial charge in [0.1, 0.15) is 0 Å². The molecule has 0 saturated carbocycles. The summed E-state index contributed by atoms with van der Waals surface area (Å²) in [6.07, 6.45) is 0. The molecule has 0 heterocycles. The van der Waals surface area contributed by atoms with Crippen molar-refractivity contribution in [3.63, 3.8) is 0 Å². The van der Waals surface area contributed by atoms with Crippen molar-refractivity contribution in [2.45, 2.75) is 19.9 Å². The van der Waals surface area contributed by atoms with E-state index in [0.717, 1.165) is 12.2 Å². The summed E-state index contributed by atoms with van der Waals surface area (Å²) in [5.41, 5.74) is 0.720. The molecule has 1 atom stereocenters. The first-order chi connectivity index (χ1) is 9.38. The summed E-state index contributed by atoms with van der Waals surface area (Å²) in [6, 6.07) is 7.44. The number of carbonyl (C=O) groups excluding carboxylic acids is 1.